The zero-order valence-corrected chi connectivity index (χ0v) is 14.5. The van der Waals surface area contributed by atoms with Crippen LogP contribution in [0.15, 0.2) is 30.3 Å². The van der Waals surface area contributed by atoms with Crippen LogP contribution in [-0.2, 0) is 14.3 Å². The second-order valence-electron chi connectivity index (χ2n) is 7.33. The third kappa shape index (κ3) is 3.11. The Morgan fingerprint density at radius 1 is 1.25 bits per heavy atom. The lowest BCUT2D eigenvalue weighted by Crippen LogP contribution is -2.73. The van der Waals surface area contributed by atoms with Crippen LogP contribution in [0.5, 0.6) is 0 Å². The first-order valence-electron chi connectivity index (χ1n) is 8.26. The Labute approximate surface area is 142 Å². The number of carbonyl (C=O) groups is 2. The topological polar surface area (TPSA) is 67.9 Å². The molecule has 0 unspecified atom stereocenters. The van der Waals surface area contributed by atoms with Gasteiger partial charge in [0.15, 0.2) is 0 Å². The summed E-state index contributed by atoms with van der Waals surface area (Å²) in [5, 5.41) is 2.87. The zero-order chi connectivity index (χ0) is 17.5. The minimum absolute atomic E-state index is 0.163. The molecule has 0 aliphatic carbocycles. The van der Waals surface area contributed by atoms with Crippen molar-refractivity contribution < 1.29 is 19.1 Å². The number of benzene rings is 1. The van der Waals surface area contributed by atoms with Gasteiger partial charge in [-0.3, -0.25) is 9.69 Å². The predicted octanol–water partition coefficient (Wildman–Crippen LogP) is 2.25. The van der Waals surface area contributed by atoms with Crippen LogP contribution in [0.25, 0.3) is 0 Å². The van der Waals surface area contributed by atoms with Gasteiger partial charge in [0.05, 0.1) is 23.8 Å². The molecular weight excluding hydrogens is 308 g/mol. The molecule has 2 amide bonds. The van der Waals surface area contributed by atoms with Crippen molar-refractivity contribution in [3.05, 3.63) is 35.9 Å². The number of carbonyl (C=O) groups excluding carboxylic acids is 2. The summed E-state index contributed by atoms with van der Waals surface area (Å²) in [7, 11) is 0. The highest BCUT2D eigenvalue weighted by molar-refractivity contribution is 5.93. The molecule has 24 heavy (non-hydrogen) atoms. The number of nitrogens with zero attached hydrogens (tertiary/aromatic N) is 1. The summed E-state index contributed by atoms with van der Waals surface area (Å²) in [5.41, 5.74) is 0.639. The Morgan fingerprint density at radius 2 is 1.92 bits per heavy atom. The molecule has 0 radical (unpaired) electrons. The fraction of sp³-hybridized carbons (Fsp3) is 0.556. The van der Waals surface area contributed by atoms with Crippen molar-refractivity contribution in [3.8, 4) is 0 Å². The van der Waals surface area contributed by atoms with E-state index in [4.69, 9.17) is 9.47 Å². The number of ether oxygens (including phenoxy) is 2. The maximum Gasteiger partial charge on any atom is 0.411 e. The highest BCUT2D eigenvalue weighted by atomic mass is 16.6. The van der Waals surface area contributed by atoms with Crippen molar-refractivity contribution in [1.82, 2.24) is 10.2 Å². The average molecular weight is 332 g/mol. The monoisotopic (exact) mass is 332 g/mol. The summed E-state index contributed by atoms with van der Waals surface area (Å²) in [6, 6.07) is 8.58. The molecule has 2 fully saturated rings. The van der Waals surface area contributed by atoms with Crippen molar-refractivity contribution >= 4 is 12.0 Å². The van der Waals surface area contributed by atoms with Crippen LogP contribution in [0.1, 0.15) is 39.3 Å². The lowest BCUT2D eigenvalue weighted by molar-refractivity contribution is -0.148. The number of β-lactam (4-membered cyclic amide) rings is 1. The molecule has 2 saturated heterocycles. The van der Waals surface area contributed by atoms with E-state index < -0.39 is 12.1 Å². The van der Waals surface area contributed by atoms with Gasteiger partial charge < -0.3 is 14.8 Å². The Bertz CT molecular complexity index is 626. The average Bonchev–Trinajstić information content (AvgIpc) is 2.85. The summed E-state index contributed by atoms with van der Waals surface area (Å²) in [5.74, 6) is -0.163. The summed E-state index contributed by atoms with van der Waals surface area (Å²) in [6.45, 7) is 8.08. The number of hydrogen-bond acceptors (Lipinski definition) is 4. The third-order valence-electron chi connectivity index (χ3n) is 4.36. The maximum absolute atomic E-state index is 12.3. The molecule has 4 atom stereocenters. The van der Waals surface area contributed by atoms with Gasteiger partial charge in [-0.25, -0.2) is 4.79 Å². The van der Waals surface area contributed by atoms with E-state index in [1.807, 2.05) is 58.0 Å². The first kappa shape index (κ1) is 16.8. The molecule has 3 rings (SSSR count). The molecule has 1 N–H and O–H groups in total. The van der Waals surface area contributed by atoms with Crippen molar-refractivity contribution in [2.45, 2.75) is 57.5 Å². The molecule has 0 aromatic heterocycles. The molecule has 6 nitrogen and oxygen atoms in total. The summed E-state index contributed by atoms with van der Waals surface area (Å²) >= 11 is 0. The van der Waals surface area contributed by atoms with Crippen molar-refractivity contribution in [2.75, 3.05) is 6.61 Å². The van der Waals surface area contributed by atoms with E-state index >= 15 is 0 Å². The Morgan fingerprint density at radius 3 is 2.50 bits per heavy atom. The van der Waals surface area contributed by atoms with Gasteiger partial charge in [-0.15, -0.1) is 0 Å². The predicted molar refractivity (Wildman–Crippen MR) is 88.4 cm³/mol. The standard InChI is InChI=1S/C18H24N2O4/c1-11(24-18(2,3)4)14-15(16(21)19-14)20-13(10-23-17(20)22)12-8-6-5-7-9-12/h5-9,11,13-15H,10H2,1-4H3,(H,19,21)/t11-,13+,14+,15+/m0/s1. The number of hydrogen-bond donors (Lipinski definition) is 1. The van der Waals surface area contributed by atoms with Crippen molar-refractivity contribution in [2.24, 2.45) is 0 Å². The van der Waals surface area contributed by atoms with Gasteiger partial charge in [-0.1, -0.05) is 30.3 Å². The molecule has 2 heterocycles. The van der Waals surface area contributed by atoms with E-state index in [-0.39, 0.29) is 36.3 Å². The lowest BCUT2D eigenvalue weighted by atomic mass is 9.90. The summed E-state index contributed by atoms with van der Waals surface area (Å²) in [6.07, 6.45) is -0.658. The highest BCUT2D eigenvalue weighted by Crippen LogP contribution is 2.34. The minimum Gasteiger partial charge on any atom is -0.447 e. The molecule has 2 aliphatic rings. The van der Waals surface area contributed by atoms with Crippen LogP contribution in [0.2, 0.25) is 0 Å². The minimum atomic E-state index is -0.567. The molecule has 1 aromatic rings. The third-order valence-corrected chi connectivity index (χ3v) is 4.36. The normalized spacial score (nSPS) is 28.2. The Hall–Kier alpha value is -2.08. The number of cyclic esters (lactones) is 1. The smallest absolute Gasteiger partial charge is 0.411 e. The van der Waals surface area contributed by atoms with Crippen LogP contribution in [0.4, 0.5) is 4.79 Å². The van der Waals surface area contributed by atoms with Crippen LogP contribution in [-0.4, -0.2) is 47.3 Å². The summed E-state index contributed by atoms with van der Waals surface area (Å²) in [4.78, 5) is 26.0. The van der Waals surface area contributed by atoms with E-state index in [0.717, 1.165) is 5.56 Å². The maximum atomic E-state index is 12.3. The fourth-order valence-electron chi connectivity index (χ4n) is 3.37. The molecule has 2 aliphatic heterocycles. The molecule has 0 saturated carbocycles. The van der Waals surface area contributed by atoms with Crippen LogP contribution in [0.3, 0.4) is 0 Å². The number of nitrogens with one attached hydrogen (secondary N) is 1. The van der Waals surface area contributed by atoms with Crippen LogP contribution in [0, 0.1) is 0 Å². The lowest BCUT2D eigenvalue weighted by Gasteiger charge is -2.46. The second-order valence-corrected chi connectivity index (χ2v) is 7.33. The number of rotatable bonds is 4. The van der Waals surface area contributed by atoms with Crippen LogP contribution >= 0.6 is 0 Å². The first-order valence-corrected chi connectivity index (χ1v) is 8.26. The van der Waals surface area contributed by atoms with Gasteiger partial charge >= 0.3 is 6.09 Å². The van der Waals surface area contributed by atoms with E-state index in [1.165, 1.54) is 0 Å². The van der Waals surface area contributed by atoms with E-state index in [1.54, 1.807) is 4.90 Å². The quantitative estimate of drug-likeness (QED) is 0.859. The van der Waals surface area contributed by atoms with Gasteiger partial charge in [0, 0.05) is 0 Å². The van der Waals surface area contributed by atoms with E-state index in [2.05, 4.69) is 5.32 Å². The van der Waals surface area contributed by atoms with E-state index in [9.17, 15) is 9.59 Å². The highest BCUT2D eigenvalue weighted by Gasteiger charge is 2.53. The molecule has 130 valence electrons. The first-order chi connectivity index (χ1) is 11.3. The van der Waals surface area contributed by atoms with Gasteiger partial charge in [0.1, 0.15) is 12.6 Å². The molecule has 0 spiro atoms. The van der Waals surface area contributed by atoms with E-state index in [0.29, 0.717) is 0 Å². The van der Waals surface area contributed by atoms with Crippen molar-refractivity contribution in [3.63, 3.8) is 0 Å². The number of amides is 2. The van der Waals surface area contributed by atoms with Crippen molar-refractivity contribution in [1.29, 1.82) is 0 Å². The molecule has 0 bridgehead atoms. The molecule has 1 aromatic carbocycles. The molecular formula is C18H24N2O4. The van der Waals surface area contributed by atoms with Gasteiger partial charge in [0.2, 0.25) is 5.91 Å². The molecule has 6 heteroatoms. The SMILES string of the molecule is C[C@H](OC(C)(C)C)[C@H]1NC(=O)[C@@H]1N1C(=O)OC[C@@H]1c1ccccc1. The van der Waals surface area contributed by atoms with Crippen LogP contribution < -0.4 is 5.32 Å². The Kier molecular flexibility index (Phi) is 4.25. The summed E-state index contributed by atoms with van der Waals surface area (Å²) < 4.78 is 11.2. The fourth-order valence-corrected chi connectivity index (χ4v) is 3.37. The Balaban J connectivity index is 1.82. The zero-order valence-electron chi connectivity index (χ0n) is 14.5. The largest absolute Gasteiger partial charge is 0.447 e. The van der Waals surface area contributed by atoms with Gasteiger partial charge in [-0.05, 0) is 33.3 Å². The van der Waals surface area contributed by atoms with Gasteiger partial charge in [-0.2, -0.15) is 0 Å². The van der Waals surface area contributed by atoms with Gasteiger partial charge in [0.25, 0.3) is 0 Å². The second kappa shape index (κ2) is 6.09.